The van der Waals surface area contributed by atoms with E-state index in [1.807, 2.05) is 31.2 Å². The lowest BCUT2D eigenvalue weighted by Gasteiger charge is -2.05. The molecule has 0 radical (unpaired) electrons. The van der Waals surface area contributed by atoms with Gasteiger partial charge in [0.15, 0.2) is 0 Å². The molecule has 0 amide bonds. The lowest BCUT2D eigenvalue weighted by molar-refractivity contribution is 1.05. The Bertz CT molecular complexity index is 556. The Labute approximate surface area is 111 Å². The van der Waals surface area contributed by atoms with Crippen LogP contribution in [0, 0.1) is 19.3 Å². The highest BCUT2D eigenvalue weighted by Crippen LogP contribution is 2.27. The van der Waals surface area contributed by atoms with Crippen molar-refractivity contribution in [3.8, 4) is 0 Å². The molecular formula is C14H15N3S. The maximum Gasteiger partial charge on any atom is 0.122 e. The van der Waals surface area contributed by atoms with Crippen LogP contribution in [0.3, 0.4) is 0 Å². The zero-order chi connectivity index (χ0) is 13.1. The molecule has 18 heavy (non-hydrogen) atoms. The van der Waals surface area contributed by atoms with E-state index < -0.39 is 0 Å². The Kier molecular flexibility index (Phi) is 3.67. The molecule has 0 saturated carbocycles. The van der Waals surface area contributed by atoms with Gasteiger partial charge in [-0.05, 0) is 43.7 Å². The topological polar surface area (TPSA) is 62.8 Å². The third-order valence-corrected chi connectivity index (χ3v) is 3.39. The fraction of sp³-hybridized carbons (Fsp3) is 0.143. The number of nitrogens with one attached hydrogen (secondary N) is 1. The fourth-order valence-electron chi connectivity index (χ4n) is 1.68. The lowest BCUT2D eigenvalue weighted by Crippen LogP contribution is -2.10. The second kappa shape index (κ2) is 5.23. The van der Waals surface area contributed by atoms with Gasteiger partial charge in [-0.15, -0.1) is 0 Å². The summed E-state index contributed by atoms with van der Waals surface area (Å²) in [4.78, 5) is 5.58. The van der Waals surface area contributed by atoms with Gasteiger partial charge in [0, 0.05) is 16.2 Å². The number of amidine groups is 1. The molecule has 2 rings (SSSR count). The molecule has 0 fully saturated rings. The van der Waals surface area contributed by atoms with Crippen molar-refractivity contribution in [2.75, 3.05) is 0 Å². The van der Waals surface area contributed by atoms with E-state index in [9.17, 15) is 0 Å². The van der Waals surface area contributed by atoms with Crippen LogP contribution >= 0.6 is 11.8 Å². The number of hydrogen-bond acceptors (Lipinski definition) is 3. The zero-order valence-electron chi connectivity index (χ0n) is 10.4. The van der Waals surface area contributed by atoms with E-state index in [0.717, 1.165) is 21.2 Å². The molecular weight excluding hydrogens is 242 g/mol. The molecule has 1 aromatic carbocycles. The molecule has 0 aliphatic rings. The monoisotopic (exact) mass is 257 g/mol. The molecule has 0 atom stereocenters. The van der Waals surface area contributed by atoms with Crippen molar-refractivity contribution in [3.63, 3.8) is 0 Å². The van der Waals surface area contributed by atoms with Crippen LogP contribution in [0.15, 0.2) is 46.3 Å². The summed E-state index contributed by atoms with van der Waals surface area (Å²) < 4.78 is 0. The SMILES string of the molecule is Cc1cc(C)nc(Sc2ccc(C(=N)N)cc2)c1. The van der Waals surface area contributed by atoms with Crippen LogP contribution in [0.25, 0.3) is 0 Å². The Balaban J connectivity index is 2.20. The molecule has 3 N–H and O–H groups in total. The summed E-state index contributed by atoms with van der Waals surface area (Å²) in [6, 6.07) is 11.8. The molecule has 0 bridgehead atoms. The molecule has 1 heterocycles. The Hall–Kier alpha value is -1.81. The van der Waals surface area contributed by atoms with E-state index in [1.54, 1.807) is 11.8 Å². The van der Waals surface area contributed by atoms with Crippen molar-refractivity contribution in [2.24, 2.45) is 5.73 Å². The number of aryl methyl sites for hydroxylation is 2. The second-order valence-electron chi connectivity index (χ2n) is 4.16. The van der Waals surface area contributed by atoms with E-state index in [4.69, 9.17) is 11.1 Å². The third-order valence-electron chi connectivity index (χ3n) is 2.46. The van der Waals surface area contributed by atoms with E-state index >= 15 is 0 Å². The molecule has 2 aromatic rings. The van der Waals surface area contributed by atoms with E-state index in [2.05, 4.69) is 24.0 Å². The summed E-state index contributed by atoms with van der Waals surface area (Å²) in [6.45, 7) is 4.06. The number of pyridine rings is 1. The van der Waals surface area contributed by atoms with E-state index in [0.29, 0.717) is 0 Å². The normalized spacial score (nSPS) is 10.3. The first kappa shape index (κ1) is 12.6. The number of rotatable bonds is 3. The van der Waals surface area contributed by atoms with Gasteiger partial charge in [-0.3, -0.25) is 5.41 Å². The Morgan fingerprint density at radius 2 is 1.83 bits per heavy atom. The summed E-state index contributed by atoms with van der Waals surface area (Å²) in [5, 5.41) is 8.33. The average molecular weight is 257 g/mol. The summed E-state index contributed by atoms with van der Waals surface area (Å²) in [5.74, 6) is 0.0936. The first-order valence-corrected chi connectivity index (χ1v) is 6.44. The van der Waals surface area contributed by atoms with Crippen molar-refractivity contribution in [3.05, 3.63) is 53.2 Å². The first-order valence-electron chi connectivity index (χ1n) is 5.62. The van der Waals surface area contributed by atoms with Crippen LogP contribution < -0.4 is 5.73 Å². The molecule has 0 unspecified atom stereocenters. The van der Waals surface area contributed by atoms with Crippen molar-refractivity contribution in [2.45, 2.75) is 23.8 Å². The van der Waals surface area contributed by atoms with Crippen LogP contribution in [0.2, 0.25) is 0 Å². The fourth-order valence-corrected chi connectivity index (χ4v) is 2.63. The van der Waals surface area contributed by atoms with Gasteiger partial charge in [0.1, 0.15) is 10.9 Å². The van der Waals surface area contributed by atoms with Gasteiger partial charge >= 0.3 is 0 Å². The number of hydrogen-bond donors (Lipinski definition) is 2. The largest absolute Gasteiger partial charge is 0.384 e. The second-order valence-corrected chi connectivity index (χ2v) is 5.26. The molecule has 4 heteroatoms. The van der Waals surface area contributed by atoms with Crippen LogP contribution in [0.1, 0.15) is 16.8 Å². The number of nitrogens with two attached hydrogens (primary N) is 1. The van der Waals surface area contributed by atoms with Crippen LogP contribution in [0.5, 0.6) is 0 Å². The minimum absolute atomic E-state index is 0.0936. The number of nitrogen functional groups attached to an aromatic ring is 1. The van der Waals surface area contributed by atoms with Crippen LogP contribution in [-0.4, -0.2) is 10.8 Å². The smallest absolute Gasteiger partial charge is 0.122 e. The summed E-state index contributed by atoms with van der Waals surface area (Å²) in [5.41, 5.74) is 8.40. The highest BCUT2D eigenvalue weighted by molar-refractivity contribution is 7.99. The van der Waals surface area contributed by atoms with Crippen molar-refractivity contribution in [1.82, 2.24) is 4.98 Å². The maximum atomic E-state index is 7.34. The highest BCUT2D eigenvalue weighted by Gasteiger charge is 2.02. The van der Waals surface area contributed by atoms with Crippen molar-refractivity contribution >= 4 is 17.6 Å². The first-order chi connectivity index (χ1) is 8.54. The van der Waals surface area contributed by atoms with Gasteiger partial charge in [0.05, 0.1) is 0 Å². The molecule has 0 spiro atoms. The average Bonchev–Trinajstić information content (AvgIpc) is 2.28. The van der Waals surface area contributed by atoms with Gasteiger partial charge in [-0.1, -0.05) is 23.9 Å². The van der Waals surface area contributed by atoms with Gasteiger partial charge in [0.2, 0.25) is 0 Å². The number of benzene rings is 1. The minimum atomic E-state index is 0.0936. The van der Waals surface area contributed by atoms with Crippen molar-refractivity contribution < 1.29 is 0 Å². The number of aromatic nitrogens is 1. The van der Waals surface area contributed by atoms with Gasteiger partial charge in [0.25, 0.3) is 0 Å². The third kappa shape index (κ3) is 3.11. The van der Waals surface area contributed by atoms with E-state index in [-0.39, 0.29) is 5.84 Å². The van der Waals surface area contributed by atoms with E-state index in [1.165, 1.54) is 5.56 Å². The summed E-state index contributed by atoms with van der Waals surface area (Å²) in [6.07, 6.45) is 0. The lowest BCUT2D eigenvalue weighted by atomic mass is 10.2. The predicted octanol–water partition coefficient (Wildman–Crippen LogP) is 3.13. The van der Waals surface area contributed by atoms with Gasteiger partial charge < -0.3 is 5.73 Å². The zero-order valence-corrected chi connectivity index (χ0v) is 11.2. The molecule has 0 saturated heterocycles. The standard InChI is InChI=1S/C14H15N3S/c1-9-7-10(2)17-13(8-9)18-12-5-3-11(4-6-12)14(15)16/h3-8H,1-2H3,(H3,15,16). The van der Waals surface area contributed by atoms with Gasteiger partial charge in [-0.25, -0.2) is 4.98 Å². The maximum absolute atomic E-state index is 7.34. The van der Waals surface area contributed by atoms with Crippen LogP contribution in [0.4, 0.5) is 0 Å². The Morgan fingerprint density at radius 1 is 1.17 bits per heavy atom. The molecule has 0 aliphatic heterocycles. The quantitative estimate of drug-likeness (QED) is 0.656. The van der Waals surface area contributed by atoms with Crippen molar-refractivity contribution in [1.29, 1.82) is 5.41 Å². The number of nitrogens with zero attached hydrogens (tertiary/aromatic N) is 1. The summed E-state index contributed by atoms with van der Waals surface area (Å²) in [7, 11) is 0. The van der Waals surface area contributed by atoms with Crippen LogP contribution in [-0.2, 0) is 0 Å². The molecule has 0 aliphatic carbocycles. The molecule has 92 valence electrons. The highest BCUT2D eigenvalue weighted by atomic mass is 32.2. The predicted molar refractivity (Wildman–Crippen MR) is 75.3 cm³/mol. The van der Waals surface area contributed by atoms with Gasteiger partial charge in [-0.2, -0.15) is 0 Å². The minimum Gasteiger partial charge on any atom is -0.384 e. The summed E-state index contributed by atoms with van der Waals surface area (Å²) >= 11 is 1.61. The Morgan fingerprint density at radius 3 is 2.39 bits per heavy atom. The molecule has 3 nitrogen and oxygen atoms in total. The molecule has 1 aromatic heterocycles.